The third-order valence-electron chi connectivity index (χ3n) is 11.1. The fourth-order valence-corrected chi connectivity index (χ4v) is 8.70. The third kappa shape index (κ3) is 3.66. The summed E-state index contributed by atoms with van der Waals surface area (Å²) in [4.78, 5) is 2.49. The van der Waals surface area contributed by atoms with Crippen LogP contribution in [-0.4, -0.2) is 6.71 Å². The van der Waals surface area contributed by atoms with E-state index in [2.05, 4.69) is 156 Å². The first-order chi connectivity index (χ1) is 23.1. The highest BCUT2D eigenvalue weighted by Gasteiger charge is 2.47. The number of rotatable bonds is 1. The Morgan fingerprint density at radius 3 is 1.83 bits per heavy atom. The summed E-state index contributed by atoms with van der Waals surface area (Å²) in [6.45, 7) is 13.9. The molecule has 2 aliphatic rings. The molecule has 6 aromatic carbocycles. The zero-order valence-electron chi connectivity index (χ0n) is 28.2. The molecule has 48 heavy (non-hydrogen) atoms. The summed E-state index contributed by atoms with van der Waals surface area (Å²) in [6.07, 6.45) is 0. The van der Waals surface area contributed by atoms with Gasteiger partial charge in [-0.3, -0.25) is 0 Å². The Balaban J connectivity index is 1.34. The van der Waals surface area contributed by atoms with Crippen LogP contribution < -0.4 is 21.3 Å². The van der Waals surface area contributed by atoms with Crippen LogP contribution in [0.2, 0.25) is 0 Å². The molecule has 4 heteroatoms. The second-order valence-corrected chi connectivity index (χ2v) is 15.5. The molecule has 2 aliphatic heterocycles. The Bertz CT molecular complexity index is 2650. The molecule has 3 nitrogen and oxygen atoms in total. The minimum atomic E-state index is -0.235. The average Bonchev–Trinajstić information content (AvgIpc) is 3.62. The molecule has 0 atom stereocenters. The number of para-hydroxylation sites is 2. The van der Waals surface area contributed by atoms with Gasteiger partial charge in [-0.2, -0.15) is 0 Å². The maximum atomic E-state index is 6.54. The lowest BCUT2D eigenvalue weighted by molar-refractivity contribution is 0.590. The van der Waals surface area contributed by atoms with E-state index in [0.29, 0.717) is 0 Å². The lowest BCUT2D eigenvalue weighted by Gasteiger charge is -2.45. The summed E-state index contributed by atoms with van der Waals surface area (Å²) in [5.74, 6) is 0. The van der Waals surface area contributed by atoms with Crippen LogP contribution in [0.25, 0.3) is 43.9 Å². The van der Waals surface area contributed by atoms with Crippen molar-refractivity contribution in [2.75, 3.05) is 4.90 Å². The van der Waals surface area contributed by atoms with Crippen molar-refractivity contribution in [2.45, 2.75) is 52.4 Å². The molecule has 0 aliphatic carbocycles. The average molecular weight is 622 g/mol. The van der Waals surface area contributed by atoms with Gasteiger partial charge in [-0.15, -0.1) is 0 Å². The van der Waals surface area contributed by atoms with Gasteiger partial charge in [-0.05, 0) is 81.9 Å². The summed E-state index contributed by atoms with van der Waals surface area (Å²) in [7, 11) is 0. The minimum Gasteiger partial charge on any atom is -0.456 e. The maximum Gasteiger partial charge on any atom is 0.247 e. The number of anilines is 3. The van der Waals surface area contributed by atoms with Crippen molar-refractivity contribution in [3.05, 3.63) is 131 Å². The van der Waals surface area contributed by atoms with Crippen molar-refractivity contribution < 1.29 is 8.83 Å². The van der Waals surface area contributed by atoms with Gasteiger partial charge in [0.1, 0.15) is 22.3 Å². The first-order valence-corrected chi connectivity index (χ1v) is 17.0. The molecule has 0 amide bonds. The van der Waals surface area contributed by atoms with E-state index in [-0.39, 0.29) is 17.5 Å². The Kier molecular flexibility index (Phi) is 5.36. The van der Waals surface area contributed by atoms with Gasteiger partial charge < -0.3 is 13.7 Å². The summed E-state index contributed by atoms with van der Waals surface area (Å²) in [5.41, 5.74) is 16.5. The molecule has 0 unspecified atom stereocenters. The quantitative estimate of drug-likeness (QED) is 0.171. The normalized spacial score (nSPS) is 15.0. The lowest BCUT2D eigenvalue weighted by atomic mass is 9.30. The van der Waals surface area contributed by atoms with Gasteiger partial charge >= 0.3 is 0 Å². The number of furan rings is 2. The second kappa shape index (κ2) is 9.23. The number of fused-ring (bicyclic) bond motifs is 10. The van der Waals surface area contributed by atoms with Crippen LogP contribution in [0.5, 0.6) is 0 Å². The largest absolute Gasteiger partial charge is 0.456 e. The summed E-state index contributed by atoms with van der Waals surface area (Å²) in [5, 5.41) is 4.65. The Labute approximate surface area is 280 Å². The van der Waals surface area contributed by atoms with Crippen LogP contribution in [0.4, 0.5) is 17.1 Å². The molecule has 0 radical (unpaired) electrons. The monoisotopic (exact) mass is 621 g/mol. The maximum absolute atomic E-state index is 6.54. The molecule has 0 saturated heterocycles. The fourth-order valence-electron chi connectivity index (χ4n) is 8.70. The van der Waals surface area contributed by atoms with Crippen molar-refractivity contribution in [3.63, 3.8) is 0 Å². The number of aryl methyl sites for hydroxylation is 1. The molecule has 4 heterocycles. The van der Waals surface area contributed by atoms with Crippen molar-refractivity contribution in [3.8, 4) is 0 Å². The topological polar surface area (TPSA) is 29.5 Å². The summed E-state index contributed by atoms with van der Waals surface area (Å²) in [6, 6.07) is 40.3. The van der Waals surface area contributed by atoms with Crippen LogP contribution in [0.3, 0.4) is 0 Å². The van der Waals surface area contributed by atoms with Crippen LogP contribution in [0.15, 0.2) is 118 Å². The van der Waals surface area contributed by atoms with E-state index in [1.165, 1.54) is 55.4 Å². The summed E-state index contributed by atoms with van der Waals surface area (Å²) < 4.78 is 13.0. The molecular weight excluding hydrogens is 585 g/mol. The number of nitrogens with zero attached hydrogens (tertiary/aromatic N) is 1. The smallest absolute Gasteiger partial charge is 0.247 e. The highest BCUT2D eigenvalue weighted by Crippen LogP contribution is 2.46. The number of benzene rings is 6. The van der Waals surface area contributed by atoms with Crippen molar-refractivity contribution in [2.24, 2.45) is 0 Å². The van der Waals surface area contributed by atoms with E-state index < -0.39 is 0 Å². The van der Waals surface area contributed by atoms with Gasteiger partial charge in [0.15, 0.2) is 0 Å². The van der Waals surface area contributed by atoms with E-state index in [0.717, 1.165) is 44.2 Å². The SMILES string of the molecule is Cc1cc2c3c(c1)C(C)(C)c1cc4oc5ccccc5c4cc1B3c1cc3c(cc1N2c1ccc(C(C)(C)C)cc1)oc1ccccc13. The van der Waals surface area contributed by atoms with E-state index in [4.69, 9.17) is 8.83 Å². The lowest BCUT2D eigenvalue weighted by Crippen LogP contribution is -2.64. The van der Waals surface area contributed by atoms with Crippen LogP contribution in [0, 0.1) is 6.92 Å². The number of hydrogen-bond acceptors (Lipinski definition) is 3. The van der Waals surface area contributed by atoms with Gasteiger partial charge in [0.25, 0.3) is 0 Å². The van der Waals surface area contributed by atoms with Gasteiger partial charge in [0.05, 0.1) is 0 Å². The van der Waals surface area contributed by atoms with Gasteiger partial charge in [-0.25, -0.2) is 0 Å². The molecular formula is C44H36BNO2. The van der Waals surface area contributed by atoms with Gasteiger partial charge in [0.2, 0.25) is 6.71 Å². The molecule has 8 aromatic rings. The zero-order valence-corrected chi connectivity index (χ0v) is 28.2. The standard InChI is InChI=1S/C44H36BNO2/c1-25-19-33-42-37(20-25)46(27-17-15-26(16-18-27)43(2,3)4)36-24-41-31(29-12-8-10-14-39(29)48-41)22-35(36)45(42)34-21-30-28-11-7-9-13-38(28)47-40(30)23-32(34)44(33,5)6/h7-24H,1-6H3. The van der Waals surface area contributed by atoms with E-state index in [1.54, 1.807) is 0 Å². The molecule has 10 rings (SSSR count). The molecule has 0 fully saturated rings. The Hall–Kier alpha value is -5.22. The van der Waals surface area contributed by atoms with Crippen LogP contribution >= 0.6 is 0 Å². The molecule has 0 bridgehead atoms. The minimum absolute atomic E-state index is 0.0508. The van der Waals surface area contributed by atoms with Crippen LogP contribution in [0.1, 0.15) is 56.9 Å². The first kappa shape index (κ1) is 27.9. The Morgan fingerprint density at radius 2 is 1.19 bits per heavy atom. The highest BCUT2D eigenvalue weighted by atomic mass is 16.3. The van der Waals surface area contributed by atoms with E-state index in [1.807, 2.05) is 0 Å². The molecule has 0 spiro atoms. The highest BCUT2D eigenvalue weighted by molar-refractivity contribution is 6.99. The van der Waals surface area contributed by atoms with Crippen molar-refractivity contribution in [1.82, 2.24) is 0 Å². The Morgan fingerprint density at radius 1 is 0.583 bits per heavy atom. The van der Waals surface area contributed by atoms with Gasteiger partial charge in [-0.1, -0.05) is 107 Å². The van der Waals surface area contributed by atoms with Crippen LogP contribution in [-0.2, 0) is 10.8 Å². The molecule has 0 saturated carbocycles. The van der Waals surface area contributed by atoms with E-state index >= 15 is 0 Å². The predicted molar refractivity (Wildman–Crippen MR) is 202 cm³/mol. The van der Waals surface area contributed by atoms with E-state index in [9.17, 15) is 0 Å². The summed E-state index contributed by atoms with van der Waals surface area (Å²) >= 11 is 0. The first-order valence-electron chi connectivity index (χ1n) is 17.0. The predicted octanol–water partition coefficient (Wildman–Crippen LogP) is 10.0. The van der Waals surface area contributed by atoms with Crippen molar-refractivity contribution in [1.29, 1.82) is 0 Å². The second-order valence-electron chi connectivity index (χ2n) is 15.5. The third-order valence-corrected chi connectivity index (χ3v) is 11.1. The van der Waals surface area contributed by atoms with Gasteiger partial charge in [0, 0.05) is 50.1 Å². The fraction of sp³-hybridized carbons (Fsp3) is 0.182. The molecule has 2 aromatic heterocycles. The molecule has 0 N–H and O–H groups in total. The van der Waals surface area contributed by atoms with Crippen molar-refractivity contribution >= 4 is 84.0 Å². The molecule has 232 valence electrons. The zero-order chi connectivity index (χ0) is 32.7. The number of hydrogen-bond donors (Lipinski definition) is 0.